The number of nitrogens with two attached hydrogens (primary N) is 1. The first-order valence-corrected chi connectivity index (χ1v) is 8.52. The fourth-order valence-corrected chi connectivity index (χ4v) is 4.04. The van der Waals surface area contributed by atoms with E-state index < -0.39 is 0 Å². The van der Waals surface area contributed by atoms with Crippen molar-refractivity contribution in [3.63, 3.8) is 0 Å². The second-order valence-electron chi connectivity index (χ2n) is 4.98. The summed E-state index contributed by atoms with van der Waals surface area (Å²) in [5.74, 6) is 0.357. The Balaban J connectivity index is 1.88. The molecule has 1 aromatic rings. The Morgan fingerprint density at radius 1 is 1.25 bits per heavy atom. The SMILES string of the molecule is Nc1cc(Cl)c(NC(=O)CSC2CCCCC2)c(Cl)c1. The molecule has 20 heavy (non-hydrogen) atoms. The molecule has 3 nitrogen and oxygen atoms in total. The number of amides is 1. The molecule has 0 unspecified atom stereocenters. The number of nitrogens with one attached hydrogen (secondary N) is 1. The predicted octanol–water partition coefficient (Wildman–Crippen LogP) is 4.58. The minimum absolute atomic E-state index is 0.0749. The fourth-order valence-electron chi connectivity index (χ4n) is 2.31. The summed E-state index contributed by atoms with van der Waals surface area (Å²) in [4.78, 5) is 12.0. The van der Waals surface area contributed by atoms with Gasteiger partial charge in [0.1, 0.15) is 0 Å². The van der Waals surface area contributed by atoms with Gasteiger partial charge in [-0.15, -0.1) is 11.8 Å². The zero-order chi connectivity index (χ0) is 14.5. The average Bonchev–Trinajstić information content (AvgIpc) is 2.42. The molecule has 1 amide bonds. The van der Waals surface area contributed by atoms with Gasteiger partial charge in [-0.25, -0.2) is 0 Å². The molecule has 0 aromatic heterocycles. The third-order valence-corrected chi connectivity index (χ3v) is 5.30. The van der Waals surface area contributed by atoms with Crippen LogP contribution < -0.4 is 11.1 Å². The number of carbonyl (C=O) groups excluding carboxylic acids is 1. The standard InChI is InChI=1S/C14H18Cl2N2OS/c15-11-6-9(17)7-12(16)14(11)18-13(19)8-20-10-4-2-1-3-5-10/h6-7,10H,1-5,8,17H2,(H,18,19). The number of hydrogen-bond acceptors (Lipinski definition) is 3. The van der Waals surface area contributed by atoms with E-state index in [9.17, 15) is 4.79 Å². The summed E-state index contributed by atoms with van der Waals surface area (Å²) in [6, 6.07) is 3.16. The Hall–Kier alpha value is -0.580. The Bertz CT molecular complexity index is 467. The summed E-state index contributed by atoms with van der Waals surface area (Å²) >= 11 is 13.8. The number of carbonyl (C=O) groups is 1. The van der Waals surface area contributed by atoms with Gasteiger partial charge in [-0.05, 0) is 25.0 Å². The van der Waals surface area contributed by atoms with Crippen LogP contribution in [0.4, 0.5) is 11.4 Å². The lowest BCUT2D eigenvalue weighted by Crippen LogP contribution is -2.18. The van der Waals surface area contributed by atoms with E-state index in [0.717, 1.165) is 0 Å². The van der Waals surface area contributed by atoms with Gasteiger partial charge in [0.25, 0.3) is 0 Å². The van der Waals surface area contributed by atoms with Crippen LogP contribution in [0.15, 0.2) is 12.1 Å². The number of halogens is 2. The van der Waals surface area contributed by atoms with Crippen molar-refractivity contribution in [1.82, 2.24) is 0 Å². The topological polar surface area (TPSA) is 55.1 Å². The minimum atomic E-state index is -0.0749. The van der Waals surface area contributed by atoms with E-state index in [1.807, 2.05) is 0 Å². The summed E-state index contributed by atoms with van der Waals surface area (Å²) in [6.45, 7) is 0. The van der Waals surface area contributed by atoms with Gasteiger partial charge >= 0.3 is 0 Å². The van der Waals surface area contributed by atoms with Crippen LogP contribution in [-0.4, -0.2) is 16.9 Å². The first-order chi connectivity index (χ1) is 9.56. The first-order valence-electron chi connectivity index (χ1n) is 6.72. The van der Waals surface area contributed by atoms with Crippen LogP contribution in [0, 0.1) is 0 Å². The third kappa shape index (κ3) is 4.47. The molecule has 0 bridgehead atoms. The van der Waals surface area contributed by atoms with Crippen LogP contribution in [0.2, 0.25) is 10.0 Å². The summed E-state index contributed by atoms with van der Waals surface area (Å²) < 4.78 is 0. The normalized spacial score (nSPS) is 16.1. The number of anilines is 2. The van der Waals surface area contributed by atoms with Gasteiger partial charge in [-0.3, -0.25) is 4.79 Å². The van der Waals surface area contributed by atoms with Crippen molar-refractivity contribution in [2.45, 2.75) is 37.4 Å². The van der Waals surface area contributed by atoms with E-state index >= 15 is 0 Å². The molecule has 0 heterocycles. The molecule has 1 aliphatic carbocycles. The van der Waals surface area contributed by atoms with Crippen molar-refractivity contribution in [2.75, 3.05) is 16.8 Å². The van der Waals surface area contributed by atoms with E-state index in [1.165, 1.54) is 32.1 Å². The molecule has 2 rings (SSSR count). The van der Waals surface area contributed by atoms with Crippen molar-refractivity contribution >= 4 is 52.2 Å². The maximum absolute atomic E-state index is 12.0. The van der Waals surface area contributed by atoms with Crippen molar-refractivity contribution in [2.24, 2.45) is 0 Å². The molecule has 6 heteroatoms. The monoisotopic (exact) mass is 332 g/mol. The molecular formula is C14H18Cl2N2OS. The van der Waals surface area contributed by atoms with E-state index in [0.29, 0.717) is 32.4 Å². The van der Waals surface area contributed by atoms with E-state index in [4.69, 9.17) is 28.9 Å². The van der Waals surface area contributed by atoms with Gasteiger partial charge in [0.05, 0.1) is 21.5 Å². The Morgan fingerprint density at radius 2 is 1.85 bits per heavy atom. The number of rotatable bonds is 4. The summed E-state index contributed by atoms with van der Waals surface area (Å²) in [5, 5.41) is 4.10. The maximum Gasteiger partial charge on any atom is 0.234 e. The lowest BCUT2D eigenvalue weighted by atomic mass is 10.0. The Kier molecular flexibility index (Phi) is 5.87. The van der Waals surface area contributed by atoms with Crippen LogP contribution in [0.5, 0.6) is 0 Å². The highest BCUT2D eigenvalue weighted by atomic mass is 35.5. The molecule has 0 aliphatic heterocycles. The molecule has 3 N–H and O–H groups in total. The average molecular weight is 333 g/mol. The quantitative estimate of drug-likeness (QED) is 0.793. The van der Waals surface area contributed by atoms with Crippen LogP contribution in [-0.2, 0) is 4.79 Å². The fraction of sp³-hybridized carbons (Fsp3) is 0.500. The Labute approximate surface area is 133 Å². The van der Waals surface area contributed by atoms with E-state index in [-0.39, 0.29) is 5.91 Å². The molecule has 110 valence electrons. The molecule has 1 saturated carbocycles. The van der Waals surface area contributed by atoms with Gasteiger partial charge < -0.3 is 11.1 Å². The first kappa shape index (κ1) is 15.8. The molecule has 0 atom stereocenters. The highest BCUT2D eigenvalue weighted by Gasteiger charge is 2.16. The van der Waals surface area contributed by atoms with Crippen LogP contribution in [0.3, 0.4) is 0 Å². The minimum Gasteiger partial charge on any atom is -0.399 e. The van der Waals surface area contributed by atoms with Crippen molar-refractivity contribution in [1.29, 1.82) is 0 Å². The molecule has 1 aliphatic rings. The van der Waals surface area contributed by atoms with E-state index in [2.05, 4.69) is 5.32 Å². The summed E-state index contributed by atoms with van der Waals surface area (Å²) in [6.07, 6.45) is 6.28. The van der Waals surface area contributed by atoms with Crippen molar-refractivity contribution < 1.29 is 4.79 Å². The van der Waals surface area contributed by atoms with Crippen LogP contribution in [0.1, 0.15) is 32.1 Å². The second-order valence-corrected chi connectivity index (χ2v) is 7.08. The van der Waals surface area contributed by atoms with Gasteiger partial charge in [-0.1, -0.05) is 42.5 Å². The summed E-state index contributed by atoms with van der Waals surface area (Å²) in [7, 11) is 0. The van der Waals surface area contributed by atoms with E-state index in [1.54, 1.807) is 23.9 Å². The van der Waals surface area contributed by atoms with Gasteiger partial charge in [0, 0.05) is 10.9 Å². The smallest absolute Gasteiger partial charge is 0.234 e. The number of thioether (sulfide) groups is 1. The zero-order valence-corrected chi connectivity index (χ0v) is 13.5. The zero-order valence-electron chi connectivity index (χ0n) is 11.1. The lowest BCUT2D eigenvalue weighted by Gasteiger charge is -2.20. The molecule has 1 fully saturated rings. The molecule has 0 saturated heterocycles. The third-order valence-electron chi connectivity index (χ3n) is 3.33. The van der Waals surface area contributed by atoms with Gasteiger partial charge in [-0.2, -0.15) is 0 Å². The van der Waals surface area contributed by atoms with Crippen molar-refractivity contribution in [3.05, 3.63) is 22.2 Å². The van der Waals surface area contributed by atoms with Gasteiger partial charge in [0.2, 0.25) is 5.91 Å². The van der Waals surface area contributed by atoms with Crippen LogP contribution >= 0.6 is 35.0 Å². The number of hydrogen-bond donors (Lipinski definition) is 2. The molecule has 0 spiro atoms. The Morgan fingerprint density at radius 3 is 2.45 bits per heavy atom. The lowest BCUT2D eigenvalue weighted by molar-refractivity contribution is -0.113. The maximum atomic E-state index is 12.0. The number of benzene rings is 1. The summed E-state index contributed by atoms with van der Waals surface area (Å²) in [5.41, 5.74) is 6.55. The van der Waals surface area contributed by atoms with Crippen LogP contribution in [0.25, 0.3) is 0 Å². The predicted molar refractivity (Wildman–Crippen MR) is 88.8 cm³/mol. The molecular weight excluding hydrogens is 315 g/mol. The van der Waals surface area contributed by atoms with Crippen molar-refractivity contribution in [3.8, 4) is 0 Å². The second kappa shape index (κ2) is 7.43. The number of nitrogen functional groups attached to an aromatic ring is 1. The molecule has 1 aromatic carbocycles. The van der Waals surface area contributed by atoms with Gasteiger partial charge in [0.15, 0.2) is 0 Å². The highest BCUT2D eigenvalue weighted by molar-refractivity contribution is 8.00. The molecule has 0 radical (unpaired) electrons. The largest absolute Gasteiger partial charge is 0.399 e. The highest BCUT2D eigenvalue weighted by Crippen LogP contribution is 2.33.